The summed E-state index contributed by atoms with van der Waals surface area (Å²) in [5, 5.41) is 14.0. The maximum absolute atomic E-state index is 11.6. The summed E-state index contributed by atoms with van der Waals surface area (Å²) in [4.78, 5) is 21.9. The lowest BCUT2D eigenvalue weighted by Crippen LogP contribution is -2.09. The summed E-state index contributed by atoms with van der Waals surface area (Å²) in [6, 6.07) is 7.88. The Balaban J connectivity index is 2.08. The van der Waals surface area contributed by atoms with Crippen LogP contribution < -0.4 is 5.32 Å². The summed E-state index contributed by atoms with van der Waals surface area (Å²) in [6.45, 7) is 0.554. The van der Waals surface area contributed by atoms with Gasteiger partial charge in [0.1, 0.15) is 11.3 Å². The third kappa shape index (κ3) is 3.85. The number of nitrogens with zero attached hydrogens (tertiary/aromatic N) is 1. The molecule has 7 nitrogen and oxygen atoms in total. The Hall–Kier alpha value is -2.35. The van der Waals surface area contributed by atoms with Crippen LogP contribution in [0.5, 0.6) is 0 Å². The SMILES string of the molecule is COC(=O)c1cc(NCCc2ccc(Br)o2)ccc1[N+](=O)[O-]. The van der Waals surface area contributed by atoms with Gasteiger partial charge in [-0.2, -0.15) is 0 Å². The lowest BCUT2D eigenvalue weighted by atomic mass is 10.1. The number of furan rings is 1. The quantitative estimate of drug-likeness (QED) is 0.477. The predicted molar refractivity (Wildman–Crippen MR) is 83.0 cm³/mol. The van der Waals surface area contributed by atoms with Crippen LogP contribution in [0, 0.1) is 10.1 Å². The van der Waals surface area contributed by atoms with E-state index in [1.165, 1.54) is 19.2 Å². The van der Waals surface area contributed by atoms with Gasteiger partial charge in [-0.15, -0.1) is 0 Å². The molecule has 0 amide bonds. The Morgan fingerprint density at radius 3 is 2.77 bits per heavy atom. The second-order valence-electron chi connectivity index (χ2n) is 4.36. The third-order valence-electron chi connectivity index (χ3n) is 2.93. The molecule has 116 valence electrons. The molecule has 0 unspecified atom stereocenters. The van der Waals surface area contributed by atoms with E-state index in [0.29, 0.717) is 23.3 Å². The van der Waals surface area contributed by atoms with E-state index in [4.69, 9.17) is 4.42 Å². The minimum atomic E-state index is -0.745. The van der Waals surface area contributed by atoms with Crippen molar-refractivity contribution in [3.05, 3.63) is 56.4 Å². The molecule has 0 aliphatic heterocycles. The van der Waals surface area contributed by atoms with Crippen LogP contribution in [-0.4, -0.2) is 24.5 Å². The fraction of sp³-hybridized carbons (Fsp3) is 0.214. The molecular formula is C14H13BrN2O5. The van der Waals surface area contributed by atoms with Crippen molar-refractivity contribution < 1.29 is 18.9 Å². The minimum absolute atomic E-state index is 0.0850. The maximum atomic E-state index is 11.6. The average Bonchev–Trinajstić information content (AvgIpc) is 2.91. The van der Waals surface area contributed by atoms with E-state index in [9.17, 15) is 14.9 Å². The number of nitrogens with one attached hydrogen (secondary N) is 1. The molecule has 2 rings (SSSR count). The molecule has 22 heavy (non-hydrogen) atoms. The highest BCUT2D eigenvalue weighted by Crippen LogP contribution is 2.23. The molecule has 0 saturated heterocycles. The number of ether oxygens (including phenoxy) is 1. The van der Waals surface area contributed by atoms with E-state index in [-0.39, 0.29) is 11.3 Å². The molecule has 1 aromatic heterocycles. The highest BCUT2D eigenvalue weighted by Gasteiger charge is 2.21. The molecule has 0 spiro atoms. The molecule has 0 atom stereocenters. The second-order valence-corrected chi connectivity index (χ2v) is 5.14. The summed E-state index contributed by atoms with van der Waals surface area (Å²) < 4.78 is 10.6. The van der Waals surface area contributed by atoms with E-state index < -0.39 is 10.9 Å². The topological polar surface area (TPSA) is 94.6 Å². The van der Waals surface area contributed by atoms with E-state index in [1.54, 1.807) is 12.1 Å². The third-order valence-corrected chi connectivity index (χ3v) is 3.35. The summed E-state index contributed by atoms with van der Waals surface area (Å²) in [5.74, 6) is 0.0554. The van der Waals surface area contributed by atoms with Crippen molar-refractivity contribution in [1.29, 1.82) is 0 Å². The van der Waals surface area contributed by atoms with Gasteiger partial charge in [-0.05, 0) is 40.2 Å². The number of carbonyl (C=O) groups is 1. The first kappa shape index (κ1) is 16.0. The van der Waals surface area contributed by atoms with Crippen LogP contribution in [0.15, 0.2) is 39.4 Å². The van der Waals surface area contributed by atoms with Crippen molar-refractivity contribution in [2.45, 2.75) is 6.42 Å². The molecule has 0 aliphatic carbocycles. The first-order valence-corrected chi connectivity index (χ1v) is 7.15. The maximum Gasteiger partial charge on any atom is 0.344 e. The van der Waals surface area contributed by atoms with Gasteiger partial charge in [0.2, 0.25) is 0 Å². The number of anilines is 1. The van der Waals surface area contributed by atoms with Gasteiger partial charge in [0.05, 0.1) is 12.0 Å². The van der Waals surface area contributed by atoms with Crippen molar-refractivity contribution in [3.8, 4) is 0 Å². The summed E-state index contributed by atoms with van der Waals surface area (Å²) in [5.41, 5.74) is 0.224. The van der Waals surface area contributed by atoms with Gasteiger partial charge in [0, 0.05) is 24.7 Å². The number of methoxy groups -OCH3 is 1. The number of esters is 1. The summed E-state index contributed by atoms with van der Waals surface area (Å²) in [6.07, 6.45) is 0.635. The van der Waals surface area contributed by atoms with Gasteiger partial charge in [0.25, 0.3) is 5.69 Å². The van der Waals surface area contributed by atoms with Gasteiger partial charge in [-0.25, -0.2) is 4.79 Å². The van der Waals surface area contributed by atoms with Crippen LogP contribution in [0.2, 0.25) is 0 Å². The van der Waals surface area contributed by atoms with Crippen LogP contribution in [0.1, 0.15) is 16.1 Å². The largest absolute Gasteiger partial charge is 0.465 e. The minimum Gasteiger partial charge on any atom is -0.465 e. The van der Waals surface area contributed by atoms with Gasteiger partial charge < -0.3 is 14.5 Å². The highest BCUT2D eigenvalue weighted by atomic mass is 79.9. The Labute approximate surface area is 134 Å². The highest BCUT2D eigenvalue weighted by molar-refractivity contribution is 9.10. The normalized spacial score (nSPS) is 10.3. The lowest BCUT2D eigenvalue weighted by Gasteiger charge is -2.07. The molecule has 1 heterocycles. The van der Waals surface area contributed by atoms with E-state index in [1.807, 2.05) is 6.07 Å². The molecule has 8 heteroatoms. The smallest absolute Gasteiger partial charge is 0.344 e. The number of carbonyl (C=O) groups excluding carboxylic acids is 1. The zero-order valence-electron chi connectivity index (χ0n) is 11.7. The van der Waals surface area contributed by atoms with Crippen molar-refractivity contribution in [2.24, 2.45) is 0 Å². The molecule has 0 saturated carbocycles. The van der Waals surface area contributed by atoms with Crippen LogP contribution in [0.4, 0.5) is 11.4 Å². The molecule has 0 bridgehead atoms. The molecule has 0 radical (unpaired) electrons. The monoisotopic (exact) mass is 368 g/mol. The van der Waals surface area contributed by atoms with Crippen LogP contribution >= 0.6 is 15.9 Å². The average molecular weight is 369 g/mol. The molecule has 0 aliphatic rings. The summed E-state index contributed by atoms with van der Waals surface area (Å²) in [7, 11) is 1.18. The number of nitro benzene ring substituents is 1. The first-order valence-electron chi connectivity index (χ1n) is 6.36. The first-order chi connectivity index (χ1) is 10.5. The number of halogens is 1. The predicted octanol–water partition coefficient (Wildman–Crippen LogP) is 3.39. The Morgan fingerprint density at radius 2 is 2.18 bits per heavy atom. The zero-order chi connectivity index (χ0) is 16.1. The Bertz CT molecular complexity index is 698. The van der Waals surface area contributed by atoms with Gasteiger partial charge in [-0.1, -0.05) is 0 Å². The van der Waals surface area contributed by atoms with Crippen LogP contribution in [0.25, 0.3) is 0 Å². The molecule has 2 aromatic rings. The fourth-order valence-corrected chi connectivity index (χ4v) is 2.23. The lowest BCUT2D eigenvalue weighted by molar-refractivity contribution is -0.385. The zero-order valence-corrected chi connectivity index (χ0v) is 13.3. The van der Waals surface area contributed by atoms with Crippen molar-refractivity contribution >= 4 is 33.3 Å². The number of benzene rings is 1. The second kappa shape index (κ2) is 7.08. The number of nitro groups is 1. The van der Waals surface area contributed by atoms with E-state index in [0.717, 1.165) is 5.76 Å². The van der Waals surface area contributed by atoms with Crippen LogP contribution in [0.3, 0.4) is 0 Å². The van der Waals surface area contributed by atoms with Gasteiger partial charge in [0.15, 0.2) is 4.67 Å². The molecule has 1 aromatic carbocycles. The Morgan fingerprint density at radius 1 is 1.41 bits per heavy atom. The van der Waals surface area contributed by atoms with Crippen molar-refractivity contribution in [1.82, 2.24) is 0 Å². The fourth-order valence-electron chi connectivity index (χ4n) is 1.89. The van der Waals surface area contributed by atoms with E-state index in [2.05, 4.69) is 26.0 Å². The number of rotatable bonds is 6. The molecular weight excluding hydrogens is 356 g/mol. The standard InChI is InChI=1S/C14H13BrN2O5/c1-21-14(18)11-8-9(2-4-12(11)17(19)20)16-7-6-10-3-5-13(15)22-10/h2-5,8,16H,6-7H2,1H3. The van der Waals surface area contributed by atoms with Crippen molar-refractivity contribution in [2.75, 3.05) is 19.0 Å². The molecule has 0 fully saturated rings. The molecule has 1 N–H and O–H groups in total. The van der Waals surface area contributed by atoms with Crippen molar-refractivity contribution in [3.63, 3.8) is 0 Å². The number of hydrogen-bond acceptors (Lipinski definition) is 6. The summed E-state index contributed by atoms with van der Waals surface area (Å²) >= 11 is 3.22. The van der Waals surface area contributed by atoms with Crippen LogP contribution in [-0.2, 0) is 11.2 Å². The number of hydrogen-bond donors (Lipinski definition) is 1. The van der Waals surface area contributed by atoms with Gasteiger partial charge >= 0.3 is 5.97 Å². The Kier molecular flexibility index (Phi) is 5.16. The van der Waals surface area contributed by atoms with Gasteiger partial charge in [-0.3, -0.25) is 10.1 Å². The van der Waals surface area contributed by atoms with E-state index >= 15 is 0 Å².